The Morgan fingerprint density at radius 3 is 2.88 bits per heavy atom. The smallest absolute Gasteiger partial charge is 0.115 e. The largest absolute Gasteiger partial charge is 0.243 e. The van der Waals surface area contributed by atoms with Crippen LogP contribution in [0.2, 0.25) is 0 Å². The summed E-state index contributed by atoms with van der Waals surface area (Å²) in [5, 5.41) is 3.12. The summed E-state index contributed by atoms with van der Waals surface area (Å²) >= 11 is 0. The molecule has 0 spiro atoms. The molecule has 0 amide bonds. The van der Waals surface area contributed by atoms with E-state index >= 15 is 0 Å². The minimum atomic E-state index is -1.36. The molecule has 0 heterocycles. The first-order valence-corrected chi connectivity index (χ1v) is 3.97. The van der Waals surface area contributed by atoms with E-state index < -0.39 is 10.0 Å². The second-order valence-electron chi connectivity index (χ2n) is 0.949. The van der Waals surface area contributed by atoms with Gasteiger partial charge in [-0.3, -0.25) is 0 Å². The molecular formula is C2H4ClN3OS. The number of hydrogen-bond acceptors (Lipinski definition) is 2. The Morgan fingerprint density at radius 1 is 1.88 bits per heavy atom. The van der Waals surface area contributed by atoms with Crippen LogP contribution in [0, 0.1) is 0 Å². The minimum Gasteiger partial charge on any atom is -0.243 e. The molecular weight excluding hydrogens is 150 g/mol. The van der Waals surface area contributed by atoms with E-state index in [1.807, 2.05) is 0 Å². The van der Waals surface area contributed by atoms with Gasteiger partial charge in [0.1, 0.15) is 10.0 Å². The van der Waals surface area contributed by atoms with E-state index in [0.717, 1.165) is 0 Å². The number of halogens is 1. The highest BCUT2D eigenvalue weighted by molar-refractivity contribution is 8.08. The summed E-state index contributed by atoms with van der Waals surface area (Å²) in [5.41, 5.74) is 7.70. The molecule has 0 radical (unpaired) electrons. The van der Waals surface area contributed by atoms with Crippen molar-refractivity contribution in [1.29, 1.82) is 0 Å². The van der Waals surface area contributed by atoms with E-state index in [0.29, 0.717) is 0 Å². The highest BCUT2D eigenvalue weighted by atomic mass is 35.7. The van der Waals surface area contributed by atoms with Crippen LogP contribution in [0.1, 0.15) is 0 Å². The van der Waals surface area contributed by atoms with E-state index in [-0.39, 0.29) is 12.3 Å². The van der Waals surface area contributed by atoms with Crippen LogP contribution in [0.5, 0.6) is 0 Å². The van der Waals surface area contributed by atoms with Crippen LogP contribution in [0.4, 0.5) is 0 Å². The van der Waals surface area contributed by atoms with Crippen LogP contribution in [-0.2, 0) is 10.0 Å². The van der Waals surface area contributed by atoms with Gasteiger partial charge in [-0.2, -0.15) is 0 Å². The maximum atomic E-state index is 10.0. The molecule has 4 nitrogen and oxygen atoms in total. The zero-order valence-corrected chi connectivity index (χ0v) is 5.52. The van der Waals surface area contributed by atoms with Crippen molar-refractivity contribution in [3.05, 3.63) is 10.4 Å². The predicted octanol–water partition coefficient (Wildman–Crippen LogP) is 1.20. The first-order chi connectivity index (χ1) is 3.77. The molecule has 46 valence electrons. The monoisotopic (exact) mass is 153 g/mol. The van der Waals surface area contributed by atoms with Crippen LogP contribution >= 0.6 is 10.7 Å². The third-order valence-corrected chi connectivity index (χ3v) is 1.38. The van der Waals surface area contributed by atoms with Gasteiger partial charge in [-0.25, -0.2) is 4.21 Å². The minimum absolute atomic E-state index is 0.201. The van der Waals surface area contributed by atoms with Crippen LogP contribution < -0.4 is 0 Å². The van der Waals surface area contributed by atoms with Gasteiger partial charge < -0.3 is 0 Å². The molecule has 0 saturated carbocycles. The average Bonchev–Trinajstić information content (AvgIpc) is 1.66. The number of azide groups is 1. The normalized spacial score (nSPS) is 12.1. The molecule has 0 aliphatic heterocycles. The van der Waals surface area contributed by atoms with Gasteiger partial charge in [0.05, 0.1) is 0 Å². The van der Waals surface area contributed by atoms with Gasteiger partial charge in [-0.15, -0.1) is 0 Å². The van der Waals surface area contributed by atoms with E-state index in [1.54, 1.807) is 0 Å². The molecule has 1 atom stereocenters. The predicted molar refractivity (Wildman–Crippen MR) is 32.9 cm³/mol. The van der Waals surface area contributed by atoms with Gasteiger partial charge in [0.2, 0.25) is 0 Å². The van der Waals surface area contributed by atoms with E-state index in [4.69, 9.17) is 16.2 Å². The zero-order valence-electron chi connectivity index (χ0n) is 3.95. The number of hydrogen-bond donors (Lipinski definition) is 0. The van der Waals surface area contributed by atoms with Crippen molar-refractivity contribution in [3.63, 3.8) is 0 Å². The van der Waals surface area contributed by atoms with Gasteiger partial charge in [0.15, 0.2) is 0 Å². The summed E-state index contributed by atoms with van der Waals surface area (Å²) in [5.74, 6) is 0.228. The number of nitrogens with zero attached hydrogens (tertiary/aromatic N) is 3. The Bertz CT molecular complexity index is 129. The van der Waals surface area contributed by atoms with Crippen molar-refractivity contribution in [3.8, 4) is 0 Å². The Balaban J connectivity index is 3.18. The summed E-state index contributed by atoms with van der Waals surface area (Å²) in [7, 11) is 3.64. The van der Waals surface area contributed by atoms with Gasteiger partial charge >= 0.3 is 0 Å². The lowest BCUT2D eigenvalue weighted by atomic mass is 10.8. The van der Waals surface area contributed by atoms with Crippen LogP contribution in [0.25, 0.3) is 10.4 Å². The van der Waals surface area contributed by atoms with E-state index in [2.05, 4.69) is 10.0 Å². The maximum absolute atomic E-state index is 10.0. The fourth-order valence-corrected chi connectivity index (χ4v) is 0.590. The second kappa shape index (κ2) is 4.90. The molecule has 6 heteroatoms. The second-order valence-corrected chi connectivity index (χ2v) is 2.97. The molecule has 0 fully saturated rings. The molecule has 0 rings (SSSR count). The molecule has 0 aromatic heterocycles. The Hall–Kier alpha value is -0.250. The SMILES string of the molecule is [N-]=[N+]=NCCS(=O)Cl. The quantitative estimate of drug-likeness (QED) is 0.260. The lowest BCUT2D eigenvalue weighted by Gasteiger charge is -1.80. The zero-order chi connectivity index (χ0) is 6.41. The summed E-state index contributed by atoms with van der Waals surface area (Å²) < 4.78 is 10.0. The first-order valence-electron chi connectivity index (χ1n) is 1.83. The van der Waals surface area contributed by atoms with Crippen molar-refractivity contribution < 1.29 is 4.21 Å². The highest BCUT2D eigenvalue weighted by Crippen LogP contribution is 1.86. The summed E-state index contributed by atoms with van der Waals surface area (Å²) in [6.45, 7) is 0.201. The molecule has 0 bridgehead atoms. The molecule has 8 heavy (non-hydrogen) atoms. The molecule has 0 aromatic rings. The molecule has 1 unspecified atom stereocenters. The van der Waals surface area contributed by atoms with Crippen molar-refractivity contribution in [2.75, 3.05) is 12.3 Å². The first kappa shape index (κ1) is 7.75. The fraction of sp³-hybridized carbons (Fsp3) is 1.00. The summed E-state index contributed by atoms with van der Waals surface area (Å²) in [6, 6.07) is 0. The molecule has 0 aliphatic rings. The van der Waals surface area contributed by atoms with Crippen LogP contribution in [0.3, 0.4) is 0 Å². The Morgan fingerprint density at radius 2 is 2.50 bits per heavy atom. The average molecular weight is 154 g/mol. The van der Waals surface area contributed by atoms with Crippen molar-refractivity contribution >= 4 is 20.7 Å². The fourth-order valence-electron chi connectivity index (χ4n) is 0.157. The van der Waals surface area contributed by atoms with Gasteiger partial charge in [0, 0.05) is 17.2 Å². The highest BCUT2D eigenvalue weighted by Gasteiger charge is 1.87. The van der Waals surface area contributed by atoms with Gasteiger partial charge in [-0.1, -0.05) is 5.11 Å². The third-order valence-electron chi connectivity index (χ3n) is 0.415. The summed E-state index contributed by atoms with van der Waals surface area (Å²) in [6.07, 6.45) is 0. The third kappa shape index (κ3) is 5.75. The Labute approximate surface area is 53.4 Å². The van der Waals surface area contributed by atoms with Crippen LogP contribution in [-0.4, -0.2) is 16.5 Å². The van der Waals surface area contributed by atoms with Crippen molar-refractivity contribution in [2.45, 2.75) is 0 Å². The molecule has 0 aromatic carbocycles. The summed E-state index contributed by atoms with van der Waals surface area (Å²) in [4.78, 5) is 2.44. The topological polar surface area (TPSA) is 65.8 Å². The van der Waals surface area contributed by atoms with Crippen molar-refractivity contribution in [1.82, 2.24) is 0 Å². The number of rotatable bonds is 3. The van der Waals surface area contributed by atoms with Crippen molar-refractivity contribution in [2.24, 2.45) is 5.11 Å². The van der Waals surface area contributed by atoms with E-state index in [1.165, 1.54) is 0 Å². The lowest BCUT2D eigenvalue weighted by molar-refractivity contribution is 0.691. The molecule has 0 aliphatic carbocycles. The maximum Gasteiger partial charge on any atom is 0.115 e. The standard InChI is InChI=1S/C2H4ClN3OS/c3-8(7)2-1-5-6-4/h1-2H2. The van der Waals surface area contributed by atoms with E-state index in [9.17, 15) is 4.21 Å². The molecule has 0 N–H and O–H groups in total. The lowest BCUT2D eigenvalue weighted by Crippen LogP contribution is -1.90. The van der Waals surface area contributed by atoms with Gasteiger partial charge in [-0.05, 0) is 16.2 Å². The molecule has 0 saturated heterocycles. The van der Waals surface area contributed by atoms with Crippen LogP contribution in [0.15, 0.2) is 5.11 Å². The van der Waals surface area contributed by atoms with Gasteiger partial charge in [0.25, 0.3) is 0 Å². The Kier molecular flexibility index (Phi) is 4.75.